The zero-order valence-electron chi connectivity index (χ0n) is 16.4. The molecule has 2 aromatic rings. The van der Waals surface area contributed by atoms with Crippen molar-refractivity contribution >= 4 is 6.09 Å². The number of rotatable bonds is 5. The highest BCUT2D eigenvalue weighted by molar-refractivity contribution is 5.67. The number of benzene rings is 1. The van der Waals surface area contributed by atoms with Crippen molar-refractivity contribution in [1.29, 1.82) is 0 Å². The number of carbonyl (C=O) groups excluding carboxylic acids is 1. The van der Waals surface area contributed by atoms with Gasteiger partial charge in [-0.05, 0) is 44.7 Å². The molecule has 0 radical (unpaired) electrons. The lowest BCUT2D eigenvalue weighted by atomic mass is 10.0. The highest BCUT2D eigenvalue weighted by atomic mass is 19.1. The van der Waals surface area contributed by atoms with E-state index in [-0.39, 0.29) is 18.0 Å². The van der Waals surface area contributed by atoms with Crippen molar-refractivity contribution in [3.05, 3.63) is 41.3 Å². The summed E-state index contributed by atoms with van der Waals surface area (Å²) in [5.74, 6) is 0.695. The number of piperazine rings is 1. The Bertz CT molecular complexity index is 841. The largest absolute Gasteiger partial charge is 0.450 e. The summed E-state index contributed by atoms with van der Waals surface area (Å²) in [7, 11) is 0. The Morgan fingerprint density at radius 2 is 2.04 bits per heavy atom. The van der Waals surface area contributed by atoms with Crippen LogP contribution in [-0.4, -0.2) is 53.8 Å². The summed E-state index contributed by atoms with van der Waals surface area (Å²) in [6, 6.07) is 7.00. The first-order chi connectivity index (χ1) is 13.6. The third-order valence-corrected chi connectivity index (χ3v) is 5.52. The van der Waals surface area contributed by atoms with E-state index >= 15 is 0 Å². The molecule has 1 amide bonds. The number of hydrogen-bond donors (Lipinski definition) is 0. The van der Waals surface area contributed by atoms with Gasteiger partial charge >= 0.3 is 6.09 Å². The van der Waals surface area contributed by atoms with Gasteiger partial charge in [-0.25, -0.2) is 9.18 Å². The summed E-state index contributed by atoms with van der Waals surface area (Å²) in [4.78, 5) is 16.0. The summed E-state index contributed by atoms with van der Waals surface area (Å²) < 4.78 is 24.9. The molecular formula is C21H26FN3O3. The minimum atomic E-state index is -0.306. The summed E-state index contributed by atoms with van der Waals surface area (Å²) in [5, 5.41) is 4.30. The van der Waals surface area contributed by atoms with Crippen LogP contribution in [-0.2, 0) is 4.74 Å². The Morgan fingerprint density at radius 1 is 1.29 bits per heavy atom. The molecule has 1 aliphatic heterocycles. The van der Waals surface area contributed by atoms with Gasteiger partial charge in [-0.15, -0.1) is 0 Å². The van der Waals surface area contributed by atoms with Crippen LogP contribution in [0.5, 0.6) is 0 Å². The molecule has 4 rings (SSSR count). The second-order valence-corrected chi connectivity index (χ2v) is 7.60. The van der Waals surface area contributed by atoms with Gasteiger partial charge < -0.3 is 14.2 Å². The molecule has 0 spiro atoms. The molecule has 7 heteroatoms. The third-order valence-electron chi connectivity index (χ3n) is 5.52. The van der Waals surface area contributed by atoms with Gasteiger partial charge in [0.05, 0.1) is 18.2 Å². The van der Waals surface area contributed by atoms with E-state index in [2.05, 4.69) is 10.1 Å². The molecule has 1 saturated heterocycles. The van der Waals surface area contributed by atoms with Crippen molar-refractivity contribution in [2.45, 2.75) is 32.7 Å². The van der Waals surface area contributed by atoms with Crippen LogP contribution in [0.15, 0.2) is 28.8 Å². The second kappa shape index (κ2) is 7.91. The van der Waals surface area contributed by atoms with Gasteiger partial charge in [0.15, 0.2) is 5.76 Å². The third kappa shape index (κ3) is 3.90. The van der Waals surface area contributed by atoms with Gasteiger partial charge in [0.1, 0.15) is 11.5 Å². The maximum absolute atomic E-state index is 14.2. The second-order valence-electron chi connectivity index (χ2n) is 7.60. The Morgan fingerprint density at radius 3 is 2.71 bits per heavy atom. The molecule has 1 aromatic heterocycles. The molecule has 150 valence electrons. The molecule has 0 N–H and O–H groups in total. The van der Waals surface area contributed by atoms with E-state index < -0.39 is 0 Å². The Balaban J connectivity index is 1.50. The number of carbonyl (C=O) groups is 1. The predicted molar refractivity (Wildman–Crippen MR) is 102 cm³/mol. The molecule has 1 atom stereocenters. The Hall–Kier alpha value is -2.41. The fourth-order valence-corrected chi connectivity index (χ4v) is 3.92. The topological polar surface area (TPSA) is 58.8 Å². The summed E-state index contributed by atoms with van der Waals surface area (Å²) >= 11 is 0. The van der Waals surface area contributed by atoms with Crippen LogP contribution in [0.25, 0.3) is 11.3 Å². The van der Waals surface area contributed by atoms with Crippen LogP contribution in [0.4, 0.5) is 9.18 Å². The fraction of sp³-hybridized carbons (Fsp3) is 0.524. The van der Waals surface area contributed by atoms with Crippen molar-refractivity contribution < 1.29 is 18.4 Å². The quantitative estimate of drug-likeness (QED) is 0.776. The van der Waals surface area contributed by atoms with Crippen molar-refractivity contribution in [2.75, 3.05) is 32.8 Å². The van der Waals surface area contributed by atoms with Crippen LogP contribution in [0.2, 0.25) is 0 Å². The zero-order valence-corrected chi connectivity index (χ0v) is 16.4. The maximum atomic E-state index is 14.2. The maximum Gasteiger partial charge on any atom is 0.409 e. The van der Waals surface area contributed by atoms with Crippen molar-refractivity contribution in [3.8, 4) is 11.3 Å². The average molecular weight is 387 g/mol. The molecule has 2 aliphatic rings. The smallest absolute Gasteiger partial charge is 0.409 e. The lowest BCUT2D eigenvalue weighted by molar-refractivity contribution is 0.0599. The van der Waals surface area contributed by atoms with Crippen LogP contribution in [0.1, 0.15) is 37.1 Å². The minimum absolute atomic E-state index is 0.148. The van der Waals surface area contributed by atoms with Crippen molar-refractivity contribution in [3.63, 3.8) is 0 Å². The van der Waals surface area contributed by atoms with Crippen LogP contribution >= 0.6 is 0 Å². The first-order valence-electron chi connectivity index (χ1n) is 9.95. The van der Waals surface area contributed by atoms with Crippen LogP contribution in [0, 0.1) is 18.7 Å². The summed E-state index contributed by atoms with van der Waals surface area (Å²) in [6.07, 6.45) is 2.07. The monoisotopic (exact) mass is 387 g/mol. The standard InChI is InChI=1S/C21H26FN3O3/c1-3-27-21(26)25-10-8-24(9-11-25)20(15-5-6-15)18-13-19(28-23-18)16-12-14(2)4-7-17(16)22/h4,7,12-13,15,20H,3,5-6,8-11H2,1-2H3. The lowest BCUT2D eigenvalue weighted by Gasteiger charge is -2.38. The highest BCUT2D eigenvalue weighted by Gasteiger charge is 2.40. The van der Waals surface area contributed by atoms with E-state index in [9.17, 15) is 9.18 Å². The number of halogens is 1. The predicted octanol–water partition coefficient (Wildman–Crippen LogP) is 4.01. The molecule has 28 heavy (non-hydrogen) atoms. The molecule has 1 saturated carbocycles. The van der Waals surface area contributed by atoms with E-state index in [0.717, 1.165) is 37.2 Å². The number of hydrogen-bond acceptors (Lipinski definition) is 5. The molecule has 6 nitrogen and oxygen atoms in total. The van der Waals surface area contributed by atoms with E-state index in [0.29, 0.717) is 36.9 Å². The van der Waals surface area contributed by atoms with Crippen molar-refractivity contribution in [1.82, 2.24) is 15.0 Å². The number of aromatic nitrogens is 1. The van der Waals surface area contributed by atoms with Gasteiger partial charge in [0, 0.05) is 32.2 Å². The number of amides is 1. The highest BCUT2D eigenvalue weighted by Crippen LogP contribution is 2.45. The van der Waals surface area contributed by atoms with Gasteiger partial charge in [-0.1, -0.05) is 16.8 Å². The number of aryl methyl sites for hydroxylation is 1. The van der Waals surface area contributed by atoms with Crippen LogP contribution < -0.4 is 0 Å². The number of ether oxygens (including phenoxy) is 1. The average Bonchev–Trinajstić information content (AvgIpc) is 3.41. The molecule has 2 fully saturated rings. The lowest BCUT2D eigenvalue weighted by Crippen LogP contribution is -2.50. The number of nitrogens with zero attached hydrogens (tertiary/aromatic N) is 3. The SMILES string of the molecule is CCOC(=O)N1CCN(C(c2cc(-c3cc(C)ccc3F)on2)C2CC2)CC1. The Labute approximate surface area is 164 Å². The zero-order chi connectivity index (χ0) is 19.7. The van der Waals surface area contributed by atoms with Gasteiger partial charge in [0.25, 0.3) is 0 Å². The molecule has 1 unspecified atom stereocenters. The van der Waals surface area contributed by atoms with E-state index in [1.54, 1.807) is 17.0 Å². The normalized spacial score (nSPS) is 18.9. The molecule has 1 aliphatic carbocycles. The molecule has 2 heterocycles. The van der Waals surface area contributed by atoms with E-state index in [1.165, 1.54) is 6.07 Å². The summed E-state index contributed by atoms with van der Waals surface area (Å²) in [5.41, 5.74) is 2.27. The van der Waals surface area contributed by atoms with Crippen molar-refractivity contribution in [2.24, 2.45) is 5.92 Å². The molecule has 0 bridgehead atoms. The van der Waals surface area contributed by atoms with Gasteiger partial charge in [0.2, 0.25) is 0 Å². The fourth-order valence-electron chi connectivity index (χ4n) is 3.92. The first kappa shape index (κ1) is 18.9. The van der Waals surface area contributed by atoms with Gasteiger partial charge in [-0.3, -0.25) is 4.90 Å². The molecular weight excluding hydrogens is 361 g/mol. The summed E-state index contributed by atoms with van der Waals surface area (Å²) in [6.45, 7) is 6.94. The Kier molecular flexibility index (Phi) is 5.35. The molecule has 1 aromatic carbocycles. The van der Waals surface area contributed by atoms with E-state index in [1.807, 2.05) is 19.9 Å². The van der Waals surface area contributed by atoms with Crippen LogP contribution in [0.3, 0.4) is 0 Å². The van der Waals surface area contributed by atoms with E-state index in [4.69, 9.17) is 9.26 Å². The first-order valence-corrected chi connectivity index (χ1v) is 9.95. The minimum Gasteiger partial charge on any atom is -0.450 e. The van der Waals surface area contributed by atoms with Gasteiger partial charge in [-0.2, -0.15) is 0 Å².